The first kappa shape index (κ1) is 28.0. The maximum Gasteiger partial charge on any atom is 0.247 e. The summed E-state index contributed by atoms with van der Waals surface area (Å²) in [6.45, 7) is 3.88. The van der Waals surface area contributed by atoms with Gasteiger partial charge in [-0.05, 0) is 37.6 Å². The number of benzene rings is 1. The Balaban J connectivity index is 1.65. The van der Waals surface area contributed by atoms with E-state index in [1.165, 1.54) is 38.1 Å². The highest BCUT2D eigenvalue weighted by molar-refractivity contribution is 5.97. The van der Waals surface area contributed by atoms with Crippen LogP contribution in [0.15, 0.2) is 23.8 Å². The number of ether oxygens (including phenoxy) is 3. The molecule has 0 radical (unpaired) electrons. The first-order valence-corrected chi connectivity index (χ1v) is 11.5. The predicted molar refractivity (Wildman–Crippen MR) is 123 cm³/mol. The van der Waals surface area contributed by atoms with Crippen LogP contribution in [0.5, 0.6) is 11.5 Å². The van der Waals surface area contributed by atoms with Gasteiger partial charge in [0.05, 0.1) is 24.4 Å². The second-order valence-corrected chi connectivity index (χ2v) is 9.18. The Labute approximate surface area is 207 Å². The smallest absolute Gasteiger partial charge is 0.247 e. The topological polar surface area (TPSA) is 195 Å². The number of carbonyl (C=O) groups is 2. The lowest BCUT2D eigenvalue weighted by Crippen LogP contribution is -2.59. The summed E-state index contributed by atoms with van der Waals surface area (Å²) in [7, 11) is 0. The van der Waals surface area contributed by atoms with Gasteiger partial charge in [0.2, 0.25) is 12.2 Å². The minimum atomic E-state index is -1.50. The summed E-state index contributed by atoms with van der Waals surface area (Å²) in [6, 6.07) is 3.25. The number of hydrogen-bond acceptors (Lipinski definition) is 11. The van der Waals surface area contributed by atoms with Crippen LogP contribution < -0.4 is 10.1 Å². The van der Waals surface area contributed by atoms with E-state index >= 15 is 0 Å². The zero-order valence-corrected chi connectivity index (χ0v) is 20.1. The molecule has 3 rings (SSSR count). The maximum absolute atomic E-state index is 12.7. The molecule has 36 heavy (non-hydrogen) atoms. The highest BCUT2D eigenvalue weighted by Crippen LogP contribution is 2.32. The summed E-state index contributed by atoms with van der Waals surface area (Å²) >= 11 is 0. The molecule has 1 saturated heterocycles. The molecule has 1 saturated carbocycles. The fourth-order valence-electron chi connectivity index (χ4n) is 4.38. The van der Waals surface area contributed by atoms with E-state index in [9.17, 15) is 35.1 Å². The van der Waals surface area contributed by atoms with E-state index in [1.807, 2.05) is 0 Å². The van der Waals surface area contributed by atoms with Crippen molar-refractivity contribution in [1.82, 2.24) is 5.32 Å². The zero-order chi connectivity index (χ0) is 26.7. The summed E-state index contributed by atoms with van der Waals surface area (Å²) in [5.74, 6) is -1.87. The average Bonchev–Trinajstić information content (AvgIpc) is 3.10. The second kappa shape index (κ2) is 11.6. The van der Waals surface area contributed by atoms with Crippen LogP contribution in [0, 0.1) is 5.92 Å². The third-order valence-electron chi connectivity index (χ3n) is 6.56. The van der Waals surface area contributed by atoms with Gasteiger partial charge in [-0.1, -0.05) is 13.0 Å². The van der Waals surface area contributed by atoms with Crippen LogP contribution in [0.4, 0.5) is 0 Å². The van der Waals surface area contributed by atoms with Gasteiger partial charge >= 0.3 is 0 Å². The number of amides is 1. The van der Waals surface area contributed by atoms with E-state index in [0.29, 0.717) is 5.56 Å². The summed E-state index contributed by atoms with van der Waals surface area (Å²) in [5.41, 5.74) is 0.655. The van der Waals surface area contributed by atoms with Crippen molar-refractivity contribution < 1.29 is 54.4 Å². The molecule has 0 aromatic heterocycles. The van der Waals surface area contributed by atoms with Gasteiger partial charge in [-0.2, -0.15) is 0 Å². The molecule has 2 fully saturated rings. The number of aliphatic hydroxyl groups is 5. The Kier molecular flexibility index (Phi) is 9.06. The van der Waals surface area contributed by atoms with Crippen molar-refractivity contribution in [3.05, 3.63) is 29.3 Å². The van der Waals surface area contributed by atoms with Gasteiger partial charge in [-0.25, -0.2) is 0 Å². The van der Waals surface area contributed by atoms with E-state index in [4.69, 9.17) is 19.3 Å². The number of aliphatic hydroxyl groups excluding tert-OH is 5. The van der Waals surface area contributed by atoms with Crippen molar-refractivity contribution >= 4 is 17.8 Å². The lowest BCUT2D eigenvalue weighted by Gasteiger charge is -2.41. The highest BCUT2D eigenvalue weighted by atomic mass is 16.7. The summed E-state index contributed by atoms with van der Waals surface area (Å²) in [6.07, 6.45) is -6.71. The van der Waals surface area contributed by atoms with Crippen LogP contribution in [0.1, 0.15) is 32.8 Å². The van der Waals surface area contributed by atoms with E-state index in [0.717, 1.165) is 0 Å². The molecular formula is C24H33NO11. The average molecular weight is 512 g/mol. The Morgan fingerprint density at radius 2 is 1.83 bits per heavy atom. The third-order valence-corrected chi connectivity index (χ3v) is 6.56. The molecule has 0 unspecified atom stereocenters. The number of hydrogen-bond donors (Lipinski definition) is 7. The van der Waals surface area contributed by atoms with Crippen LogP contribution in [-0.4, -0.2) is 98.1 Å². The molecular weight excluding hydrogens is 478 g/mol. The SMILES string of the molecule is CC(=O)[C@H]1O[C@@H](Oc2ccc(/C=C(\C)C(=O)N[C@H]3[C@@H](O)[C@H](C)[C@H](OCO)C[C@H]3O)cc2O)[C@@H](O)[C@@H]1O. The number of ketones is 1. The molecule has 1 heterocycles. The molecule has 2 aliphatic rings. The molecule has 200 valence electrons. The Morgan fingerprint density at radius 1 is 1.14 bits per heavy atom. The fourth-order valence-corrected chi connectivity index (χ4v) is 4.38. The van der Waals surface area contributed by atoms with E-state index < -0.39 is 73.4 Å². The van der Waals surface area contributed by atoms with Crippen LogP contribution in [0.2, 0.25) is 0 Å². The predicted octanol–water partition coefficient (Wildman–Crippen LogP) is -1.21. The van der Waals surface area contributed by atoms with Crippen molar-refractivity contribution in [2.24, 2.45) is 5.92 Å². The number of phenols is 1. The normalized spacial score (nSPS) is 34.9. The van der Waals surface area contributed by atoms with E-state index in [-0.39, 0.29) is 23.5 Å². The molecule has 0 spiro atoms. The summed E-state index contributed by atoms with van der Waals surface area (Å²) < 4.78 is 15.8. The number of rotatable bonds is 8. The molecule has 1 aromatic rings. The van der Waals surface area contributed by atoms with E-state index in [2.05, 4.69) is 5.32 Å². The molecule has 12 heteroatoms. The third kappa shape index (κ3) is 6.03. The first-order valence-electron chi connectivity index (χ1n) is 11.5. The number of Topliss-reactive ketones (excluding diaryl/α,β-unsaturated/α-hetero) is 1. The molecule has 0 bridgehead atoms. The fraction of sp³-hybridized carbons (Fsp3) is 0.583. The largest absolute Gasteiger partial charge is 0.504 e. The van der Waals surface area contributed by atoms with Gasteiger partial charge in [-0.3, -0.25) is 9.59 Å². The van der Waals surface area contributed by atoms with Crippen LogP contribution in [-0.2, 0) is 19.1 Å². The maximum atomic E-state index is 12.7. The monoisotopic (exact) mass is 511 g/mol. The summed E-state index contributed by atoms with van der Waals surface area (Å²) in [4.78, 5) is 24.2. The van der Waals surface area contributed by atoms with Crippen LogP contribution in [0.3, 0.4) is 0 Å². The minimum absolute atomic E-state index is 0.0724. The molecule has 1 aliphatic carbocycles. The van der Waals surface area contributed by atoms with Gasteiger partial charge in [0.25, 0.3) is 0 Å². The second-order valence-electron chi connectivity index (χ2n) is 9.18. The van der Waals surface area contributed by atoms with Gasteiger partial charge in [0, 0.05) is 17.9 Å². The van der Waals surface area contributed by atoms with Crippen molar-refractivity contribution in [2.75, 3.05) is 6.79 Å². The lowest BCUT2D eigenvalue weighted by atomic mass is 9.79. The number of carbonyl (C=O) groups excluding carboxylic acids is 2. The van der Waals surface area contributed by atoms with Crippen LogP contribution in [0.25, 0.3) is 6.08 Å². The molecule has 9 atom stereocenters. The molecule has 1 aliphatic heterocycles. The standard InChI is InChI=1S/C24H33NO11/c1-10(23(33)25-18-15(29)8-17(34-9-26)11(2)19(18)30)6-13-4-5-16(14(28)7-13)35-24-21(32)20(31)22(36-24)12(3)27/h4-7,11,15,17-22,24,26,28-32H,8-9H2,1-3H3,(H,25,33)/b10-6+/t11-,15-,17-,18-,19+,20+,21+,22-,24-/m1/s1. The van der Waals surface area contributed by atoms with Crippen molar-refractivity contribution in [3.8, 4) is 11.5 Å². The quantitative estimate of drug-likeness (QED) is 0.163. The Bertz CT molecular complexity index is 983. The molecule has 1 aromatic carbocycles. The van der Waals surface area contributed by atoms with Crippen molar-refractivity contribution in [3.63, 3.8) is 0 Å². The highest BCUT2D eigenvalue weighted by Gasteiger charge is 2.46. The molecule has 1 amide bonds. The summed E-state index contributed by atoms with van der Waals surface area (Å²) in [5, 5.41) is 62.8. The number of nitrogens with one attached hydrogen (secondary N) is 1. The van der Waals surface area contributed by atoms with Crippen molar-refractivity contribution in [1.29, 1.82) is 0 Å². The van der Waals surface area contributed by atoms with Gasteiger partial charge in [0.15, 0.2) is 17.3 Å². The van der Waals surface area contributed by atoms with Gasteiger partial charge in [0.1, 0.15) is 25.1 Å². The lowest BCUT2D eigenvalue weighted by molar-refractivity contribution is -0.149. The van der Waals surface area contributed by atoms with Gasteiger partial charge in [-0.15, -0.1) is 0 Å². The van der Waals surface area contributed by atoms with E-state index in [1.54, 1.807) is 6.92 Å². The molecule has 7 N–H and O–H groups in total. The van der Waals surface area contributed by atoms with Crippen LogP contribution >= 0.6 is 0 Å². The molecule has 12 nitrogen and oxygen atoms in total. The first-order chi connectivity index (χ1) is 16.9. The zero-order valence-electron chi connectivity index (χ0n) is 20.1. The number of aromatic hydroxyl groups is 1. The Hall–Kier alpha value is -2.58. The van der Waals surface area contributed by atoms with Crippen molar-refractivity contribution in [2.45, 2.75) is 76.1 Å². The Morgan fingerprint density at radius 3 is 2.42 bits per heavy atom. The number of phenolic OH excluding ortho intramolecular Hbond substituents is 1. The van der Waals surface area contributed by atoms with Gasteiger partial charge < -0.3 is 50.2 Å². The minimum Gasteiger partial charge on any atom is -0.504 e.